The first-order chi connectivity index (χ1) is 9.83. The van der Waals surface area contributed by atoms with Crippen LogP contribution in [-0.2, 0) is 11.2 Å². The zero-order valence-electron chi connectivity index (χ0n) is 12.3. The molecule has 0 radical (unpaired) electrons. The van der Waals surface area contributed by atoms with Crippen molar-refractivity contribution in [3.05, 3.63) is 42.0 Å². The van der Waals surface area contributed by atoms with Crippen molar-refractivity contribution in [1.29, 1.82) is 0 Å². The second kappa shape index (κ2) is 7.88. The Bertz CT molecular complexity index is 540. The van der Waals surface area contributed by atoms with Gasteiger partial charge in [-0.05, 0) is 41.4 Å². The van der Waals surface area contributed by atoms with E-state index in [4.69, 9.17) is 9.47 Å². The van der Waals surface area contributed by atoms with E-state index >= 15 is 0 Å². The van der Waals surface area contributed by atoms with Crippen molar-refractivity contribution in [1.82, 2.24) is 5.32 Å². The van der Waals surface area contributed by atoms with Gasteiger partial charge < -0.3 is 14.8 Å². The average molecular weight is 273 g/mol. The summed E-state index contributed by atoms with van der Waals surface area (Å²) in [5, 5.41) is 5.70. The summed E-state index contributed by atoms with van der Waals surface area (Å²) in [6, 6.07) is 12.7. The summed E-state index contributed by atoms with van der Waals surface area (Å²) >= 11 is 0. The van der Waals surface area contributed by atoms with Crippen LogP contribution in [0.1, 0.15) is 12.5 Å². The van der Waals surface area contributed by atoms with Gasteiger partial charge in [0.2, 0.25) is 0 Å². The third-order valence-corrected chi connectivity index (χ3v) is 3.32. The summed E-state index contributed by atoms with van der Waals surface area (Å²) in [5.41, 5.74) is 1.31. The van der Waals surface area contributed by atoms with E-state index in [1.54, 1.807) is 7.11 Å². The highest BCUT2D eigenvalue weighted by molar-refractivity contribution is 5.84. The van der Waals surface area contributed by atoms with Gasteiger partial charge in [0.05, 0.1) is 20.3 Å². The minimum absolute atomic E-state index is 0.771. The van der Waals surface area contributed by atoms with Gasteiger partial charge >= 0.3 is 0 Å². The van der Waals surface area contributed by atoms with Gasteiger partial charge in [0.25, 0.3) is 0 Å². The smallest absolute Gasteiger partial charge is 0.119 e. The second-order valence-corrected chi connectivity index (χ2v) is 4.76. The number of likely N-dealkylation sites (N-methyl/N-ethyl adjacent to an activating group) is 1. The number of ether oxygens (including phenoxy) is 2. The molecule has 108 valence electrons. The minimum atomic E-state index is 0.771. The van der Waals surface area contributed by atoms with Crippen LogP contribution in [0.25, 0.3) is 10.8 Å². The molecule has 0 aliphatic heterocycles. The van der Waals surface area contributed by atoms with Crippen LogP contribution in [0.5, 0.6) is 5.75 Å². The van der Waals surface area contributed by atoms with E-state index < -0.39 is 0 Å². The van der Waals surface area contributed by atoms with E-state index in [0.717, 1.165) is 38.5 Å². The maximum atomic E-state index is 5.61. The number of fused-ring (bicyclic) bond motifs is 1. The second-order valence-electron chi connectivity index (χ2n) is 4.76. The van der Waals surface area contributed by atoms with Crippen molar-refractivity contribution in [3.8, 4) is 5.75 Å². The van der Waals surface area contributed by atoms with E-state index in [-0.39, 0.29) is 0 Å². The Hall–Kier alpha value is -1.58. The molecule has 20 heavy (non-hydrogen) atoms. The fourth-order valence-corrected chi connectivity index (χ4v) is 2.17. The van der Waals surface area contributed by atoms with Crippen LogP contribution in [0.15, 0.2) is 36.4 Å². The molecule has 0 fully saturated rings. The molecule has 0 heterocycles. The van der Waals surface area contributed by atoms with Gasteiger partial charge in [-0.25, -0.2) is 0 Å². The monoisotopic (exact) mass is 273 g/mol. The van der Waals surface area contributed by atoms with Crippen molar-refractivity contribution in [2.75, 3.05) is 33.4 Å². The molecule has 0 aliphatic carbocycles. The SMILES string of the molecule is CCNCCOCCc1ccc2cc(OC)ccc2c1. The average Bonchev–Trinajstić information content (AvgIpc) is 2.50. The highest BCUT2D eigenvalue weighted by Gasteiger charge is 1.99. The van der Waals surface area contributed by atoms with Gasteiger partial charge in [0, 0.05) is 6.54 Å². The molecule has 2 aromatic rings. The van der Waals surface area contributed by atoms with Gasteiger partial charge in [-0.2, -0.15) is 0 Å². The quantitative estimate of drug-likeness (QED) is 0.750. The topological polar surface area (TPSA) is 30.5 Å². The van der Waals surface area contributed by atoms with Gasteiger partial charge in [0.1, 0.15) is 5.75 Å². The number of hydrogen-bond acceptors (Lipinski definition) is 3. The molecular formula is C17H23NO2. The maximum Gasteiger partial charge on any atom is 0.119 e. The van der Waals surface area contributed by atoms with Crippen molar-refractivity contribution < 1.29 is 9.47 Å². The molecule has 2 rings (SSSR count). The molecular weight excluding hydrogens is 250 g/mol. The molecule has 0 amide bonds. The number of methoxy groups -OCH3 is 1. The van der Waals surface area contributed by atoms with E-state index in [9.17, 15) is 0 Å². The molecule has 0 unspecified atom stereocenters. The molecule has 0 aromatic heterocycles. The summed E-state index contributed by atoms with van der Waals surface area (Å²) in [4.78, 5) is 0. The minimum Gasteiger partial charge on any atom is -0.497 e. The van der Waals surface area contributed by atoms with Gasteiger partial charge in [-0.3, -0.25) is 0 Å². The first kappa shape index (κ1) is 14.8. The lowest BCUT2D eigenvalue weighted by Gasteiger charge is -2.07. The maximum absolute atomic E-state index is 5.61. The first-order valence-corrected chi connectivity index (χ1v) is 7.18. The molecule has 0 spiro atoms. The Morgan fingerprint density at radius 2 is 1.80 bits per heavy atom. The Labute approximate surface area is 120 Å². The van der Waals surface area contributed by atoms with Gasteiger partial charge in [-0.1, -0.05) is 31.2 Å². The van der Waals surface area contributed by atoms with Crippen LogP contribution in [0.4, 0.5) is 0 Å². The Balaban J connectivity index is 1.88. The summed E-state index contributed by atoms with van der Waals surface area (Å²) in [6.45, 7) is 5.57. The fraction of sp³-hybridized carbons (Fsp3) is 0.412. The highest BCUT2D eigenvalue weighted by Crippen LogP contribution is 2.22. The van der Waals surface area contributed by atoms with Crippen molar-refractivity contribution in [3.63, 3.8) is 0 Å². The molecule has 0 saturated carbocycles. The summed E-state index contributed by atoms with van der Waals surface area (Å²) in [5.74, 6) is 0.900. The standard InChI is InChI=1S/C17H23NO2/c1-3-18-9-11-20-10-8-14-4-5-16-13-17(19-2)7-6-15(16)12-14/h4-7,12-13,18H,3,8-11H2,1-2H3. The Morgan fingerprint density at radius 1 is 1.00 bits per heavy atom. The van der Waals surface area contributed by atoms with Crippen LogP contribution in [0.2, 0.25) is 0 Å². The van der Waals surface area contributed by atoms with Crippen LogP contribution in [-0.4, -0.2) is 33.4 Å². The lowest BCUT2D eigenvalue weighted by Crippen LogP contribution is -2.19. The third kappa shape index (κ3) is 4.22. The zero-order valence-corrected chi connectivity index (χ0v) is 12.3. The zero-order chi connectivity index (χ0) is 14.2. The van der Waals surface area contributed by atoms with Crippen LogP contribution < -0.4 is 10.1 Å². The van der Waals surface area contributed by atoms with Crippen molar-refractivity contribution >= 4 is 10.8 Å². The summed E-state index contributed by atoms with van der Waals surface area (Å²) < 4.78 is 10.8. The molecule has 3 heteroatoms. The summed E-state index contributed by atoms with van der Waals surface area (Å²) in [6.07, 6.45) is 0.952. The van der Waals surface area contributed by atoms with E-state index in [2.05, 4.69) is 42.6 Å². The van der Waals surface area contributed by atoms with Gasteiger partial charge in [-0.15, -0.1) is 0 Å². The van der Waals surface area contributed by atoms with Crippen molar-refractivity contribution in [2.45, 2.75) is 13.3 Å². The molecule has 2 aromatic carbocycles. The normalized spacial score (nSPS) is 10.9. The van der Waals surface area contributed by atoms with E-state index in [1.165, 1.54) is 16.3 Å². The Morgan fingerprint density at radius 3 is 2.60 bits per heavy atom. The van der Waals surface area contributed by atoms with Crippen LogP contribution >= 0.6 is 0 Å². The molecule has 0 aliphatic rings. The van der Waals surface area contributed by atoms with E-state index in [1.807, 2.05) is 6.07 Å². The largest absolute Gasteiger partial charge is 0.497 e. The third-order valence-electron chi connectivity index (χ3n) is 3.32. The predicted molar refractivity (Wildman–Crippen MR) is 83.6 cm³/mol. The molecule has 3 nitrogen and oxygen atoms in total. The molecule has 1 N–H and O–H groups in total. The predicted octanol–water partition coefficient (Wildman–Crippen LogP) is 3.02. The number of nitrogens with one attached hydrogen (secondary N) is 1. The van der Waals surface area contributed by atoms with Crippen LogP contribution in [0.3, 0.4) is 0 Å². The fourth-order valence-electron chi connectivity index (χ4n) is 2.17. The molecule has 0 bridgehead atoms. The highest BCUT2D eigenvalue weighted by atomic mass is 16.5. The molecule has 0 saturated heterocycles. The van der Waals surface area contributed by atoms with E-state index in [0.29, 0.717) is 0 Å². The summed E-state index contributed by atoms with van der Waals surface area (Å²) in [7, 11) is 1.69. The molecule has 0 atom stereocenters. The van der Waals surface area contributed by atoms with Crippen molar-refractivity contribution in [2.24, 2.45) is 0 Å². The Kier molecular flexibility index (Phi) is 5.84. The first-order valence-electron chi connectivity index (χ1n) is 7.18. The number of hydrogen-bond donors (Lipinski definition) is 1. The van der Waals surface area contributed by atoms with Crippen LogP contribution in [0, 0.1) is 0 Å². The number of rotatable bonds is 8. The number of benzene rings is 2. The van der Waals surface area contributed by atoms with Gasteiger partial charge in [0.15, 0.2) is 0 Å². The lowest BCUT2D eigenvalue weighted by molar-refractivity contribution is 0.139. The lowest BCUT2D eigenvalue weighted by atomic mass is 10.1.